The Labute approximate surface area is 157 Å². The molecular weight excluding hydrogens is 345 g/mol. The number of rotatable bonds is 5. The zero-order valence-corrected chi connectivity index (χ0v) is 15.7. The maximum absolute atomic E-state index is 13.5. The third-order valence-electron chi connectivity index (χ3n) is 4.92. The van der Waals surface area contributed by atoms with Crippen LogP contribution in [0.5, 0.6) is 0 Å². The van der Waals surface area contributed by atoms with E-state index in [2.05, 4.69) is 10.1 Å². The molecule has 1 saturated carbocycles. The highest BCUT2D eigenvalue weighted by Crippen LogP contribution is 2.41. The van der Waals surface area contributed by atoms with E-state index in [4.69, 9.17) is 4.52 Å². The number of carbonyl (C=O) groups excluding carboxylic acids is 1. The van der Waals surface area contributed by atoms with Gasteiger partial charge in [0.05, 0.1) is 16.6 Å². The molecule has 6 heteroatoms. The second-order valence-corrected chi connectivity index (χ2v) is 7.56. The van der Waals surface area contributed by atoms with Crippen molar-refractivity contribution in [3.05, 3.63) is 58.7 Å². The summed E-state index contributed by atoms with van der Waals surface area (Å²) in [7, 11) is 1.72. The Hall–Kier alpha value is -2.76. The number of pyridine rings is 1. The molecule has 0 atom stereocenters. The second kappa shape index (κ2) is 6.76. The van der Waals surface area contributed by atoms with Gasteiger partial charge in [0.15, 0.2) is 0 Å². The quantitative estimate of drug-likeness (QED) is 0.659. The second-order valence-electron chi connectivity index (χ2n) is 7.56. The minimum absolute atomic E-state index is 0.111. The van der Waals surface area contributed by atoms with Gasteiger partial charge in [-0.05, 0) is 42.5 Å². The molecule has 1 fully saturated rings. The lowest BCUT2D eigenvalue weighted by Gasteiger charge is -2.18. The first kappa shape index (κ1) is 17.6. The molecule has 5 nitrogen and oxygen atoms in total. The number of benzene rings is 1. The molecule has 1 amide bonds. The molecule has 1 aromatic carbocycles. The summed E-state index contributed by atoms with van der Waals surface area (Å²) in [4.78, 5) is 19.4. The highest BCUT2D eigenvalue weighted by molar-refractivity contribution is 6.06. The molecular formula is C21H22FN3O2. The summed E-state index contributed by atoms with van der Waals surface area (Å²) in [5.74, 6) is 0.0532. The molecule has 1 aliphatic rings. The SMILES string of the molecule is CC(C)c1noc2nc(C3CC3)cc(C(=O)N(C)Cc3cccc(F)c3)c12. The molecule has 0 saturated heterocycles. The summed E-state index contributed by atoms with van der Waals surface area (Å²) in [6.45, 7) is 4.34. The van der Waals surface area contributed by atoms with Crippen molar-refractivity contribution in [2.24, 2.45) is 0 Å². The largest absolute Gasteiger partial charge is 0.337 e. The van der Waals surface area contributed by atoms with Crippen molar-refractivity contribution in [2.45, 2.75) is 45.1 Å². The van der Waals surface area contributed by atoms with Crippen molar-refractivity contribution in [1.29, 1.82) is 0 Å². The summed E-state index contributed by atoms with van der Waals surface area (Å²) in [6.07, 6.45) is 2.16. The Morgan fingerprint density at radius 1 is 1.33 bits per heavy atom. The Morgan fingerprint density at radius 3 is 2.78 bits per heavy atom. The maximum Gasteiger partial charge on any atom is 0.259 e. The zero-order chi connectivity index (χ0) is 19.1. The van der Waals surface area contributed by atoms with Crippen LogP contribution in [0, 0.1) is 5.82 Å². The van der Waals surface area contributed by atoms with E-state index in [1.807, 2.05) is 26.0 Å². The van der Waals surface area contributed by atoms with E-state index in [0.29, 0.717) is 29.1 Å². The third-order valence-corrected chi connectivity index (χ3v) is 4.92. The van der Waals surface area contributed by atoms with Crippen LogP contribution in [0.1, 0.15) is 65.8 Å². The number of fused-ring (bicyclic) bond motifs is 1. The number of hydrogen-bond donors (Lipinski definition) is 0. The van der Waals surface area contributed by atoms with Gasteiger partial charge in [-0.3, -0.25) is 4.79 Å². The molecule has 4 rings (SSSR count). The van der Waals surface area contributed by atoms with Crippen molar-refractivity contribution in [2.75, 3.05) is 7.05 Å². The Balaban J connectivity index is 1.74. The van der Waals surface area contributed by atoms with Gasteiger partial charge in [0.25, 0.3) is 11.6 Å². The van der Waals surface area contributed by atoms with E-state index in [1.165, 1.54) is 12.1 Å². The number of carbonyl (C=O) groups is 1. The minimum Gasteiger partial charge on any atom is -0.337 e. The normalized spacial score (nSPS) is 14.1. The van der Waals surface area contributed by atoms with Crippen LogP contribution in [0.3, 0.4) is 0 Å². The van der Waals surface area contributed by atoms with E-state index in [9.17, 15) is 9.18 Å². The topological polar surface area (TPSA) is 59.2 Å². The fourth-order valence-electron chi connectivity index (χ4n) is 3.33. The Kier molecular flexibility index (Phi) is 4.42. The lowest BCUT2D eigenvalue weighted by molar-refractivity contribution is 0.0786. The van der Waals surface area contributed by atoms with Gasteiger partial charge in [-0.15, -0.1) is 0 Å². The fraction of sp³-hybridized carbons (Fsp3) is 0.381. The highest BCUT2D eigenvalue weighted by Gasteiger charge is 2.30. The van der Waals surface area contributed by atoms with E-state index in [-0.39, 0.29) is 17.6 Å². The van der Waals surface area contributed by atoms with Crippen LogP contribution in [-0.4, -0.2) is 28.0 Å². The van der Waals surface area contributed by atoms with Crippen molar-refractivity contribution < 1.29 is 13.7 Å². The van der Waals surface area contributed by atoms with Gasteiger partial charge in [0.2, 0.25) is 0 Å². The van der Waals surface area contributed by atoms with Gasteiger partial charge in [-0.1, -0.05) is 31.1 Å². The monoisotopic (exact) mass is 367 g/mol. The molecule has 0 unspecified atom stereocenters. The minimum atomic E-state index is -0.309. The fourth-order valence-corrected chi connectivity index (χ4v) is 3.33. The third kappa shape index (κ3) is 3.44. The van der Waals surface area contributed by atoms with E-state index < -0.39 is 0 Å². The lowest BCUT2D eigenvalue weighted by Crippen LogP contribution is -2.26. The van der Waals surface area contributed by atoms with Gasteiger partial charge in [-0.25, -0.2) is 9.37 Å². The van der Waals surface area contributed by atoms with Crippen molar-refractivity contribution in [1.82, 2.24) is 15.0 Å². The van der Waals surface area contributed by atoms with Gasteiger partial charge in [-0.2, -0.15) is 0 Å². The van der Waals surface area contributed by atoms with Crippen LogP contribution in [0.4, 0.5) is 4.39 Å². The van der Waals surface area contributed by atoms with E-state index in [0.717, 1.165) is 29.8 Å². The molecule has 2 heterocycles. The molecule has 1 aliphatic carbocycles. The van der Waals surface area contributed by atoms with Crippen molar-refractivity contribution in [3.63, 3.8) is 0 Å². The van der Waals surface area contributed by atoms with Crippen LogP contribution >= 0.6 is 0 Å². The average Bonchev–Trinajstić information content (AvgIpc) is 3.39. The zero-order valence-electron chi connectivity index (χ0n) is 15.7. The molecule has 2 aromatic heterocycles. The maximum atomic E-state index is 13.5. The first-order valence-corrected chi connectivity index (χ1v) is 9.24. The first-order valence-electron chi connectivity index (χ1n) is 9.24. The number of hydrogen-bond acceptors (Lipinski definition) is 4. The number of nitrogens with zero attached hydrogens (tertiary/aromatic N) is 3. The van der Waals surface area contributed by atoms with E-state index in [1.54, 1.807) is 18.0 Å². The Morgan fingerprint density at radius 2 is 2.11 bits per heavy atom. The summed E-state index contributed by atoms with van der Waals surface area (Å²) in [5.41, 5.74) is 3.35. The van der Waals surface area contributed by atoms with Crippen molar-refractivity contribution >= 4 is 17.0 Å². The number of aromatic nitrogens is 2. The molecule has 0 bridgehead atoms. The summed E-state index contributed by atoms with van der Waals surface area (Å²) >= 11 is 0. The van der Waals surface area contributed by atoms with Crippen LogP contribution in [0.2, 0.25) is 0 Å². The van der Waals surface area contributed by atoms with Gasteiger partial charge in [0, 0.05) is 25.2 Å². The first-order chi connectivity index (χ1) is 12.9. The Bertz CT molecular complexity index is 1010. The van der Waals surface area contributed by atoms with E-state index >= 15 is 0 Å². The summed E-state index contributed by atoms with van der Waals surface area (Å²) < 4.78 is 18.9. The molecule has 0 aliphatic heterocycles. The molecule has 0 spiro atoms. The summed E-state index contributed by atoms with van der Waals surface area (Å²) in [6, 6.07) is 8.18. The standard InChI is InChI=1S/C21H22FN3O2/c1-12(2)19-18-16(10-17(14-7-8-14)23-20(18)27-24-19)21(26)25(3)11-13-5-4-6-15(22)9-13/h4-6,9-10,12,14H,7-8,11H2,1-3H3. The summed E-state index contributed by atoms with van der Waals surface area (Å²) in [5, 5.41) is 4.84. The lowest BCUT2D eigenvalue weighted by atomic mass is 10.0. The average molecular weight is 367 g/mol. The highest BCUT2D eigenvalue weighted by atomic mass is 19.1. The molecule has 3 aromatic rings. The van der Waals surface area contributed by atoms with Gasteiger partial charge >= 0.3 is 0 Å². The van der Waals surface area contributed by atoms with Gasteiger partial charge < -0.3 is 9.42 Å². The van der Waals surface area contributed by atoms with Gasteiger partial charge in [0.1, 0.15) is 5.82 Å². The van der Waals surface area contributed by atoms with Crippen molar-refractivity contribution in [3.8, 4) is 0 Å². The van der Waals surface area contributed by atoms with Crippen LogP contribution in [0.15, 0.2) is 34.9 Å². The number of halogens is 1. The molecule has 0 radical (unpaired) electrons. The predicted octanol–water partition coefficient (Wildman–Crippen LogP) is 4.63. The molecule has 27 heavy (non-hydrogen) atoms. The van der Waals surface area contributed by atoms with Crippen LogP contribution in [-0.2, 0) is 6.54 Å². The predicted molar refractivity (Wildman–Crippen MR) is 100 cm³/mol. The van der Waals surface area contributed by atoms with Crippen LogP contribution < -0.4 is 0 Å². The smallest absolute Gasteiger partial charge is 0.259 e. The number of amides is 1. The molecule has 140 valence electrons. The molecule has 0 N–H and O–H groups in total. The van der Waals surface area contributed by atoms with Crippen LogP contribution in [0.25, 0.3) is 11.1 Å².